The Morgan fingerprint density at radius 3 is 2.48 bits per heavy atom. The molecule has 2 aromatic carbocycles. The number of ether oxygens (including phenoxy) is 1. The summed E-state index contributed by atoms with van der Waals surface area (Å²) in [4.78, 5) is 35.4. The van der Waals surface area contributed by atoms with Gasteiger partial charge >= 0.3 is 11.6 Å². The predicted molar refractivity (Wildman–Crippen MR) is 117 cm³/mol. The highest BCUT2D eigenvalue weighted by atomic mass is 16.5. The SMILES string of the molecule is Cc1c(Cc2ccccc2)c(=O)oc2c(C)c(OC(C)C(=O)NCCC(=O)O)ccc12. The van der Waals surface area contributed by atoms with Crippen LogP contribution in [0.1, 0.15) is 35.6 Å². The van der Waals surface area contributed by atoms with E-state index in [1.54, 1.807) is 19.9 Å². The fraction of sp³-hybridized carbons (Fsp3) is 0.292. The number of aliphatic carboxylic acids is 1. The van der Waals surface area contributed by atoms with Crippen molar-refractivity contribution in [1.82, 2.24) is 5.32 Å². The molecular weight excluding hydrogens is 398 g/mol. The molecule has 7 heteroatoms. The van der Waals surface area contributed by atoms with Gasteiger partial charge in [0, 0.05) is 29.5 Å². The molecule has 7 nitrogen and oxygen atoms in total. The average Bonchev–Trinajstić information content (AvgIpc) is 2.74. The highest BCUT2D eigenvalue weighted by Gasteiger charge is 2.19. The smallest absolute Gasteiger partial charge is 0.340 e. The molecule has 0 spiro atoms. The summed E-state index contributed by atoms with van der Waals surface area (Å²) < 4.78 is 11.4. The third-order valence-corrected chi connectivity index (χ3v) is 5.19. The summed E-state index contributed by atoms with van der Waals surface area (Å²) in [6.45, 7) is 5.27. The third kappa shape index (κ3) is 5.12. The van der Waals surface area contributed by atoms with Crippen LogP contribution in [0, 0.1) is 13.8 Å². The Kier molecular flexibility index (Phi) is 6.74. The van der Waals surface area contributed by atoms with Crippen molar-refractivity contribution in [3.05, 3.63) is 75.1 Å². The zero-order valence-electron chi connectivity index (χ0n) is 17.7. The summed E-state index contributed by atoms with van der Waals surface area (Å²) in [7, 11) is 0. The van der Waals surface area contributed by atoms with Crippen LogP contribution in [0.2, 0.25) is 0 Å². The van der Waals surface area contributed by atoms with Crippen molar-refractivity contribution in [2.45, 2.75) is 39.7 Å². The average molecular weight is 423 g/mol. The van der Waals surface area contributed by atoms with Crippen molar-refractivity contribution >= 4 is 22.8 Å². The van der Waals surface area contributed by atoms with E-state index in [-0.39, 0.29) is 13.0 Å². The molecular formula is C24H25NO6. The van der Waals surface area contributed by atoms with Crippen molar-refractivity contribution in [2.75, 3.05) is 6.54 Å². The fourth-order valence-electron chi connectivity index (χ4n) is 3.38. The number of carbonyl (C=O) groups excluding carboxylic acids is 1. The number of carbonyl (C=O) groups is 2. The van der Waals surface area contributed by atoms with E-state index in [9.17, 15) is 14.4 Å². The lowest BCUT2D eigenvalue weighted by Gasteiger charge is -2.17. The summed E-state index contributed by atoms with van der Waals surface area (Å²) in [5.41, 5.74) is 3.14. The maximum atomic E-state index is 12.7. The Balaban J connectivity index is 1.85. The Morgan fingerprint density at radius 2 is 1.81 bits per heavy atom. The largest absolute Gasteiger partial charge is 0.481 e. The van der Waals surface area contributed by atoms with Crippen LogP contribution in [-0.2, 0) is 16.0 Å². The van der Waals surface area contributed by atoms with Crippen molar-refractivity contribution in [3.8, 4) is 5.75 Å². The van der Waals surface area contributed by atoms with E-state index >= 15 is 0 Å². The minimum Gasteiger partial charge on any atom is -0.481 e. The van der Waals surface area contributed by atoms with Gasteiger partial charge in [-0.1, -0.05) is 30.3 Å². The first-order valence-electron chi connectivity index (χ1n) is 10.0. The van der Waals surface area contributed by atoms with Gasteiger partial charge in [-0.25, -0.2) is 4.79 Å². The quantitative estimate of drug-likeness (QED) is 0.538. The van der Waals surface area contributed by atoms with Crippen LogP contribution >= 0.6 is 0 Å². The third-order valence-electron chi connectivity index (χ3n) is 5.19. The van der Waals surface area contributed by atoms with E-state index in [4.69, 9.17) is 14.3 Å². The minimum absolute atomic E-state index is 0.0246. The number of aryl methyl sites for hydroxylation is 2. The second-order valence-corrected chi connectivity index (χ2v) is 7.42. The van der Waals surface area contributed by atoms with Crippen LogP contribution in [0.15, 0.2) is 51.7 Å². The second kappa shape index (κ2) is 9.47. The summed E-state index contributed by atoms with van der Waals surface area (Å²) in [6.07, 6.45) is -0.519. The standard InChI is InChI=1S/C24H25NO6/c1-14-18-9-10-20(30-16(3)23(28)25-12-11-21(26)27)15(2)22(18)31-24(29)19(14)13-17-7-5-4-6-8-17/h4-10,16H,11-13H2,1-3H3,(H,25,28)(H,26,27). The van der Waals surface area contributed by atoms with Crippen LogP contribution in [-0.4, -0.2) is 29.6 Å². The zero-order valence-corrected chi connectivity index (χ0v) is 17.7. The maximum Gasteiger partial charge on any atom is 0.340 e. The molecule has 162 valence electrons. The number of hydrogen-bond donors (Lipinski definition) is 2. The summed E-state index contributed by atoms with van der Waals surface area (Å²) >= 11 is 0. The van der Waals surface area contributed by atoms with Crippen molar-refractivity contribution in [1.29, 1.82) is 0 Å². The molecule has 1 unspecified atom stereocenters. The van der Waals surface area contributed by atoms with Gasteiger partial charge in [0.25, 0.3) is 5.91 Å². The molecule has 0 aliphatic rings. The zero-order chi connectivity index (χ0) is 22.5. The van der Waals surface area contributed by atoms with E-state index in [0.717, 1.165) is 16.5 Å². The van der Waals surface area contributed by atoms with E-state index in [1.807, 2.05) is 43.3 Å². The van der Waals surface area contributed by atoms with Gasteiger partial charge in [0.1, 0.15) is 11.3 Å². The first kappa shape index (κ1) is 22.1. The van der Waals surface area contributed by atoms with Crippen molar-refractivity contribution < 1.29 is 23.8 Å². The lowest BCUT2D eigenvalue weighted by Crippen LogP contribution is -2.37. The molecule has 1 amide bonds. The van der Waals surface area contributed by atoms with E-state index in [1.165, 1.54) is 0 Å². The van der Waals surface area contributed by atoms with E-state index in [2.05, 4.69) is 5.32 Å². The van der Waals surface area contributed by atoms with Gasteiger partial charge < -0.3 is 19.6 Å². The van der Waals surface area contributed by atoms with Gasteiger partial charge in [-0.05, 0) is 44.0 Å². The molecule has 0 saturated carbocycles. The Hall–Kier alpha value is -3.61. The second-order valence-electron chi connectivity index (χ2n) is 7.42. The summed E-state index contributed by atoms with van der Waals surface area (Å²) in [6, 6.07) is 13.3. The fourth-order valence-corrected chi connectivity index (χ4v) is 3.38. The molecule has 0 aliphatic carbocycles. The van der Waals surface area contributed by atoms with Gasteiger partial charge in [-0.2, -0.15) is 0 Å². The van der Waals surface area contributed by atoms with Gasteiger partial charge in [0.15, 0.2) is 6.10 Å². The number of hydrogen-bond acceptors (Lipinski definition) is 5. The minimum atomic E-state index is -0.990. The molecule has 31 heavy (non-hydrogen) atoms. The van der Waals surface area contributed by atoms with Crippen LogP contribution in [0.25, 0.3) is 11.0 Å². The van der Waals surface area contributed by atoms with Crippen LogP contribution in [0.3, 0.4) is 0 Å². The van der Waals surface area contributed by atoms with E-state index in [0.29, 0.717) is 28.9 Å². The van der Waals surface area contributed by atoms with Crippen LogP contribution in [0.5, 0.6) is 5.75 Å². The number of carboxylic acids is 1. The Labute approximate surface area is 179 Å². The van der Waals surface area contributed by atoms with Gasteiger partial charge in [-0.3, -0.25) is 9.59 Å². The molecule has 1 aromatic heterocycles. The molecule has 0 fully saturated rings. The number of benzene rings is 2. The molecule has 1 atom stereocenters. The van der Waals surface area contributed by atoms with Gasteiger partial charge in [0.05, 0.1) is 6.42 Å². The number of carboxylic acid groups (broad SMARTS) is 1. The first-order chi connectivity index (χ1) is 14.8. The molecule has 2 N–H and O–H groups in total. The normalized spacial score (nSPS) is 11.8. The molecule has 1 heterocycles. The number of amides is 1. The van der Waals surface area contributed by atoms with Crippen LogP contribution in [0.4, 0.5) is 0 Å². The molecule has 0 bridgehead atoms. The molecule has 0 saturated heterocycles. The number of nitrogens with one attached hydrogen (secondary N) is 1. The molecule has 3 aromatic rings. The van der Waals surface area contributed by atoms with Crippen LogP contribution < -0.4 is 15.7 Å². The monoisotopic (exact) mass is 423 g/mol. The molecule has 0 radical (unpaired) electrons. The molecule has 0 aliphatic heterocycles. The molecule has 3 rings (SSSR count). The summed E-state index contributed by atoms with van der Waals surface area (Å²) in [5, 5.41) is 12.0. The lowest BCUT2D eigenvalue weighted by atomic mass is 9.98. The van der Waals surface area contributed by atoms with E-state index < -0.39 is 23.6 Å². The highest BCUT2D eigenvalue weighted by molar-refractivity contribution is 5.86. The highest BCUT2D eigenvalue weighted by Crippen LogP contribution is 2.30. The summed E-state index contributed by atoms with van der Waals surface area (Å²) in [5.74, 6) is -0.986. The van der Waals surface area contributed by atoms with Gasteiger partial charge in [0.2, 0.25) is 0 Å². The predicted octanol–water partition coefficient (Wildman–Crippen LogP) is 3.36. The number of fused-ring (bicyclic) bond motifs is 1. The topological polar surface area (TPSA) is 106 Å². The Bertz CT molecular complexity index is 1170. The lowest BCUT2D eigenvalue weighted by molar-refractivity contribution is -0.137. The van der Waals surface area contributed by atoms with Crippen molar-refractivity contribution in [2.24, 2.45) is 0 Å². The van der Waals surface area contributed by atoms with Gasteiger partial charge in [-0.15, -0.1) is 0 Å². The van der Waals surface area contributed by atoms with Crippen molar-refractivity contribution in [3.63, 3.8) is 0 Å². The maximum absolute atomic E-state index is 12.7. The first-order valence-corrected chi connectivity index (χ1v) is 10.0. The Morgan fingerprint density at radius 1 is 1.10 bits per heavy atom. The number of rotatable bonds is 8.